The summed E-state index contributed by atoms with van der Waals surface area (Å²) in [5.41, 5.74) is 0. The van der Waals surface area contributed by atoms with Crippen molar-refractivity contribution in [3.63, 3.8) is 0 Å². The van der Waals surface area contributed by atoms with Crippen molar-refractivity contribution >= 4 is 5.97 Å². The Morgan fingerprint density at radius 1 is 1.50 bits per heavy atom. The molecule has 5 heteroatoms. The number of hydrogen-bond donors (Lipinski definition) is 1. The maximum Gasteiger partial charge on any atom is 0.305 e. The van der Waals surface area contributed by atoms with Crippen LogP contribution < -0.4 is 0 Å². The van der Waals surface area contributed by atoms with Crippen LogP contribution in [0.2, 0.25) is 0 Å². The molecule has 0 aromatic rings. The fourth-order valence-electron chi connectivity index (χ4n) is 1.61. The molecule has 0 aliphatic carbocycles. The normalized spacial score (nSPS) is 25.0. The Hall–Kier alpha value is -0.650. The molecular weight excluding hydrogens is 210 g/mol. The summed E-state index contributed by atoms with van der Waals surface area (Å²) in [6, 6.07) is 0. The number of nitrogens with zero attached hydrogens (tertiary/aromatic N) is 1. The van der Waals surface area contributed by atoms with Gasteiger partial charge in [-0.05, 0) is 33.5 Å². The largest absolute Gasteiger partial charge is 0.463 e. The molecule has 1 rings (SSSR count). The van der Waals surface area contributed by atoms with E-state index in [9.17, 15) is 4.79 Å². The average molecular weight is 231 g/mol. The molecule has 1 aliphatic rings. The summed E-state index contributed by atoms with van der Waals surface area (Å²) in [6.07, 6.45) is 1.81. The molecule has 1 N–H and O–H groups in total. The maximum absolute atomic E-state index is 11.3. The number of carbonyl (C=O) groups is 1. The van der Waals surface area contributed by atoms with E-state index >= 15 is 0 Å². The molecule has 0 spiro atoms. The average Bonchev–Trinajstić information content (AvgIpc) is 2.61. The van der Waals surface area contributed by atoms with Crippen LogP contribution in [0.1, 0.15) is 25.7 Å². The Balaban J connectivity index is 2.02. The highest BCUT2D eigenvalue weighted by molar-refractivity contribution is 5.69. The van der Waals surface area contributed by atoms with Gasteiger partial charge in [0.2, 0.25) is 0 Å². The standard InChI is InChI=1S/C11H21NO4/c1-12(2)7-3-4-10(13)15-8-9-5-6-11(14)16-9/h9,11,14H,3-8H2,1-2H3/t9?,11-/m1/s1. The van der Waals surface area contributed by atoms with E-state index < -0.39 is 6.29 Å². The fourth-order valence-corrected chi connectivity index (χ4v) is 1.61. The van der Waals surface area contributed by atoms with Crippen LogP contribution >= 0.6 is 0 Å². The molecule has 0 saturated carbocycles. The molecule has 1 unspecified atom stereocenters. The molecular formula is C11H21NO4. The molecule has 0 aromatic carbocycles. The topological polar surface area (TPSA) is 59.0 Å². The Kier molecular flexibility index (Phi) is 5.73. The van der Waals surface area contributed by atoms with Gasteiger partial charge in [-0.25, -0.2) is 0 Å². The molecule has 0 bridgehead atoms. The van der Waals surface area contributed by atoms with E-state index in [-0.39, 0.29) is 18.7 Å². The summed E-state index contributed by atoms with van der Waals surface area (Å²) in [5, 5.41) is 9.10. The Morgan fingerprint density at radius 3 is 2.81 bits per heavy atom. The molecule has 0 aromatic heterocycles. The van der Waals surface area contributed by atoms with Crippen LogP contribution in [0.25, 0.3) is 0 Å². The van der Waals surface area contributed by atoms with Crippen LogP contribution in [-0.4, -0.2) is 55.6 Å². The molecule has 16 heavy (non-hydrogen) atoms. The van der Waals surface area contributed by atoms with Gasteiger partial charge in [-0.2, -0.15) is 0 Å². The van der Waals surface area contributed by atoms with Crippen molar-refractivity contribution in [2.75, 3.05) is 27.2 Å². The first kappa shape index (κ1) is 13.4. The zero-order valence-corrected chi connectivity index (χ0v) is 10.0. The first-order valence-electron chi connectivity index (χ1n) is 5.72. The lowest BCUT2D eigenvalue weighted by Crippen LogP contribution is -2.20. The van der Waals surface area contributed by atoms with Crippen LogP contribution in [0.15, 0.2) is 0 Å². The second kappa shape index (κ2) is 6.83. The van der Waals surface area contributed by atoms with Crippen LogP contribution in [0, 0.1) is 0 Å². The summed E-state index contributed by atoms with van der Waals surface area (Å²) in [5.74, 6) is -0.188. The molecule has 5 nitrogen and oxygen atoms in total. The smallest absolute Gasteiger partial charge is 0.305 e. The van der Waals surface area contributed by atoms with Crippen LogP contribution in [0.5, 0.6) is 0 Å². The third-order valence-electron chi connectivity index (χ3n) is 2.50. The second-order valence-electron chi connectivity index (χ2n) is 4.38. The van der Waals surface area contributed by atoms with Gasteiger partial charge in [-0.15, -0.1) is 0 Å². The number of esters is 1. The number of hydrogen-bond acceptors (Lipinski definition) is 5. The lowest BCUT2D eigenvalue weighted by atomic mass is 10.2. The Bertz CT molecular complexity index is 220. The molecule has 2 atom stereocenters. The van der Waals surface area contributed by atoms with Gasteiger partial charge in [0.1, 0.15) is 6.61 Å². The quantitative estimate of drug-likeness (QED) is 0.669. The second-order valence-corrected chi connectivity index (χ2v) is 4.38. The minimum absolute atomic E-state index is 0.132. The lowest BCUT2D eigenvalue weighted by Gasteiger charge is -2.12. The van der Waals surface area contributed by atoms with E-state index in [4.69, 9.17) is 14.6 Å². The summed E-state index contributed by atoms with van der Waals surface area (Å²) < 4.78 is 10.2. The highest BCUT2D eigenvalue weighted by Gasteiger charge is 2.24. The van der Waals surface area contributed by atoms with E-state index in [1.54, 1.807) is 0 Å². The summed E-state index contributed by atoms with van der Waals surface area (Å²) in [4.78, 5) is 13.3. The first-order chi connectivity index (χ1) is 7.58. The van der Waals surface area contributed by atoms with Crippen molar-refractivity contribution in [3.8, 4) is 0 Å². The van der Waals surface area contributed by atoms with Gasteiger partial charge in [-0.1, -0.05) is 0 Å². The zero-order valence-electron chi connectivity index (χ0n) is 10.0. The Labute approximate surface area is 96.3 Å². The minimum Gasteiger partial charge on any atom is -0.463 e. The fraction of sp³-hybridized carbons (Fsp3) is 0.909. The molecule has 94 valence electrons. The monoisotopic (exact) mass is 231 g/mol. The zero-order chi connectivity index (χ0) is 12.0. The predicted octanol–water partition coefficient (Wildman–Crippen LogP) is 0.369. The van der Waals surface area contributed by atoms with Crippen molar-refractivity contribution in [1.29, 1.82) is 0 Å². The molecule has 1 aliphatic heterocycles. The highest BCUT2D eigenvalue weighted by atomic mass is 16.6. The number of ether oxygens (including phenoxy) is 2. The first-order valence-corrected chi connectivity index (χ1v) is 5.72. The van der Waals surface area contributed by atoms with E-state index in [0.29, 0.717) is 12.8 Å². The summed E-state index contributed by atoms with van der Waals surface area (Å²) in [7, 11) is 3.94. The van der Waals surface area contributed by atoms with Crippen LogP contribution in [-0.2, 0) is 14.3 Å². The SMILES string of the molecule is CN(C)CCCC(=O)OCC1CC[C@H](O)O1. The van der Waals surface area contributed by atoms with E-state index in [1.807, 2.05) is 19.0 Å². The number of carbonyl (C=O) groups excluding carboxylic acids is 1. The van der Waals surface area contributed by atoms with Crippen molar-refractivity contribution < 1.29 is 19.4 Å². The Morgan fingerprint density at radius 2 is 2.25 bits per heavy atom. The predicted molar refractivity (Wildman–Crippen MR) is 58.9 cm³/mol. The van der Waals surface area contributed by atoms with Gasteiger partial charge < -0.3 is 19.5 Å². The summed E-state index contributed by atoms with van der Waals surface area (Å²) in [6.45, 7) is 1.14. The van der Waals surface area contributed by atoms with Crippen molar-refractivity contribution in [3.05, 3.63) is 0 Å². The third-order valence-corrected chi connectivity index (χ3v) is 2.50. The molecule has 1 heterocycles. The molecule has 1 fully saturated rings. The lowest BCUT2D eigenvalue weighted by molar-refractivity contribution is -0.152. The van der Waals surface area contributed by atoms with Gasteiger partial charge in [0.05, 0.1) is 6.10 Å². The van der Waals surface area contributed by atoms with Gasteiger partial charge >= 0.3 is 5.97 Å². The van der Waals surface area contributed by atoms with Crippen molar-refractivity contribution in [1.82, 2.24) is 4.90 Å². The van der Waals surface area contributed by atoms with Gasteiger partial charge in [0.15, 0.2) is 6.29 Å². The van der Waals surface area contributed by atoms with Gasteiger partial charge in [0.25, 0.3) is 0 Å². The van der Waals surface area contributed by atoms with E-state index in [1.165, 1.54) is 0 Å². The van der Waals surface area contributed by atoms with E-state index in [2.05, 4.69) is 0 Å². The highest BCUT2D eigenvalue weighted by Crippen LogP contribution is 2.17. The number of rotatable bonds is 6. The van der Waals surface area contributed by atoms with Crippen molar-refractivity contribution in [2.45, 2.75) is 38.1 Å². The van der Waals surface area contributed by atoms with Crippen molar-refractivity contribution in [2.24, 2.45) is 0 Å². The molecule has 0 radical (unpaired) electrons. The minimum atomic E-state index is -0.683. The third kappa shape index (κ3) is 5.44. The number of aliphatic hydroxyl groups excluding tert-OH is 1. The molecule has 1 saturated heterocycles. The van der Waals surface area contributed by atoms with Crippen LogP contribution in [0.4, 0.5) is 0 Å². The van der Waals surface area contributed by atoms with E-state index in [0.717, 1.165) is 19.4 Å². The van der Waals surface area contributed by atoms with Gasteiger partial charge in [0, 0.05) is 12.8 Å². The summed E-state index contributed by atoms with van der Waals surface area (Å²) >= 11 is 0. The number of aliphatic hydroxyl groups is 1. The maximum atomic E-state index is 11.3. The van der Waals surface area contributed by atoms with Gasteiger partial charge in [-0.3, -0.25) is 4.79 Å². The van der Waals surface area contributed by atoms with Crippen LogP contribution in [0.3, 0.4) is 0 Å². The molecule has 0 amide bonds.